The van der Waals surface area contributed by atoms with Gasteiger partial charge in [-0.05, 0) is 60.1 Å². The first-order chi connectivity index (χ1) is 19.0. The van der Waals surface area contributed by atoms with E-state index in [1.165, 1.54) is 36.0 Å². The molecule has 0 aliphatic carbocycles. The molecule has 0 bridgehead atoms. The zero-order valence-corrected chi connectivity index (χ0v) is 22.6. The Morgan fingerprint density at radius 1 is 0.897 bits per heavy atom. The lowest BCUT2D eigenvalue weighted by molar-refractivity contribution is 0.0979. The first kappa shape index (κ1) is 28.2. The smallest absolute Gasteiger partial charge is 0.264 e. The topological polar surface area (TPSA) is 84.8 Å². The molecule has 0 aliphatic rings. The maximum absolute atomic E-state index is 13.0. The number of hydrogen-bond donors (Lipinski definition) is 1. The third-order valence-electron chi connectivity index (χ3n) is 6.42. The Balaban J connectivity index is 1.15. The number of aromatic nitrogens is 3. The van der Waals surface area contributed by atoms with Crippen LogP contribution in [0.1, 0.15) is 65.8 Å². The van der Waals surface area contributed by atoms with Crippen LogP contribution >= 0.6 is 11.8 Å². The Morgan fingerprint density at radius 2 is 1.64 bits per heavy atom. The van der Waals surface area contributed by atoms with Gasteiger partial charge in [0, 0.05) is 36.9 Å². The van der Waals surface area contributed by atoms with Gasteiger partial charge in [0.2, 0.25) is 0 Å². The van der Waals surface area contributed by atoms with Crippen LogP contribution in [0.3, 0.4) is 0 Å². The number of nitrogens with one attached hydrogen (secondary N) is 1. The molecule has 0 saturated carbocycles. The van der Waals surface area contributed by atoms with Gasteiger partial charge in [0.15, 0.2) is 5.78 Å². The second-order valence-electron chi connectivity index (χ2n) is 9.48. The van der Waals surface area contributed by atoms with Gasteiger partial charge in [-0.2, -0.15) is 0 Å². The number of thioether (sulfide) groups is 1. The summed E-state index contributed by atoms with van der Waals surface area (Å²) in [5.41, 5.74) is 2.16. The number of benzene rings is 2. The summed E-state index contributed by atoms with van der Waals surface area (Å²) in [7, 11) is 0. The summed E-state index contributed by atoms with van der Waals surface area (Å²) in [4.78, 5) is 45.0. The van der Waals surface area contributed by atoms with Crippen LogP contribution in [0, 0.1) is 5.82 Å². The molecule has 0 atom stereocenters. The number of H-pyrrole nitrogens is 1. The average Bonchev–Trinajstić information content (AvgIpc) is 2.93. The van der Waals surface area contributed by atoms with E-state index in [-0.39, 0.29) is 22.7 Å². The van der Waals surface area contributed by atoms with Gasteiger partial charge in [-0.3, -0.25) is 14.4 Å². The third-order valence-corrected chi connectivity index (χ3v) is 7.51. The van der Waals surface area contributed by atoms with E-state index >= 15 is 0 Å². The quantitative estimate of drug-likeness (QED) is 0.119. The van der Waals surface area contributed by atoms with Crippen molar-refractivity contribution >= 4 is 17.5 Å². The minimum Gasteiger partial charge on any atom is -0.311 e. The Hall–Kier alpha value is -3.78. The van der Waals surface area contributed by atoms with Crippen LogP contribution < -0.4 is 11.1 Å². The van der Waals surface area contributed by atoms with Crippen molar-refractivity contribution in [3.8, 4) is 0 Å². The number of rotatable bonds is 14. The molecule has 0 spiro atoms. The SMILES string of the molecule is O=C(CCCCCCCSc1cnc(Cc2ccn(Cc3ccccc3)c(=O)c2)[nH]c1=O)c1ccc(F)cc1. The molecule has 4 rings (SSSR count). The van der Waals surface area contributed by atoms with Gasteiger partial charge in [-0.15, -0.1) is 11.8 Å². The number of unbranched alkanes of at least 4 members (excludes halogenated alkanes) is 4. The first-order valence-electron chi connectivity index (χ1n) is 13.2. The summed E-state index contributed by atoms with van der Waals surface area (Å²) in [5.74, 6) is 1.06. The van der Waals surface area contributed by atoms with Crippen LogP contribution in [-0.2, 0) is 13.0 Å². The van der Waals surface area contributed by atoms with Crippen molar-refractivity contribution in [2.45, 2.75) is 56.4 Å². The van der Waals surface area contributed by atoms with E-state index in [4.69, 9.17) is 0 Å². The number of carbonyl (C=O) groups excluding carboxylic acids is 1. The van der Waals surface area contributed by atoms with Crippen molar-refractivity contribution in [1.29, 1.82) is 0 Å². The van der Waals surface area contributed by atoms with Crippen molar-refractivity contribution in [2.75, 3.05) is 5.75 Å². The molecule has 8 heteroatoms. The van der Waals surface area contributed by atoms with Gasteiger partial charge in [0.1, 0.15) is 11.6 Å². The number of hydrogen-bond acceptors (Lipinski definition) is 5. The summed E-state index contributed by atoms with van der Waals surface area (Å²) in [6.45, 7) is 0.512. The largest absolute Gasteiger partial charge is 0.311 e. The minimum atomic E-state index is -0.336. The predicted octanol–water partition coefficient (Wildman–Crippen LogP) is 6.03. The molecule has 0 radical (unpaired) electrons. The van der Waals surface area contributed by atoms with Crippen molar-refractivity contribution in [1.82, 2.24) is 14.5 Å². The van der Waals surface area contributed by atoms with Gasteiger partial charge in [-0.1, -0.05) is 49.6 Å². The molecule has 0 fully saturated rings. The van der Waals surface area contributed by atoms with Crippen molar-refractivity contribution in [2.24, 2.45) is 0 Å². The van der Waals surface area contributed by atoms with E-state index in [1.54, 1.807) is 23.0 Å². The van der Waals surface area contributed by atoms with Crippen LogP contribution in [0.2, 0.25) is 0 Å². The Labute approximate surface area is 231 Å². The van der Waals surface area contributed by atoms with Crippen LogP contribution in [0.15, 0.2) is 93.6 Å². The van der Waals surface area contributed by atoms with Gasteiger partial charge in [0.25, 0.3) is 11.1 Å². The highest BCUT2D eigenvalue weighted by Gasteiger charge is 2.08. The molecule has 0 unspecified atom stereocenters. The fourth-order valence-corrected chi connectivity index (χ4v) is 5.13. The first-order valence-corrected chi connectivity index (χ1v) is 14.2. The van der Waals surface area contributed by atoms with Crippen molar-refractivity contribution in [3.63, 3.8) is 0 Å². The molecule has 2 aromatic carbocycles. The molecule has 1 N–H and O–H groups in total. The molecule has 2 aromatic heterocycles. The van der Waals surface area contributed by atoms with Crippen LogP contribution in [0.25, 0.3) is 0 Å². The average molecular weight is 546 g/mol. The molecule has 4 aromatic rings. The number of ketones is 1. The molecule has 202 valence electrons. The number of carbonyl (C=O) groups is 1. The third kappa shape index (κ3) is 8.89. The summed E-state index contributed by atoms with van der Waals surface area (Å²) in [6.07, 6.45) is 9.03. The van der Waals surface area contributed by atoms with Crippen molar-refractivity contribution < 1.29 is 9.18 Å². The predicted molar refractivity (Wildman–Crippen MR) is 153 cm³/mol. The molecule has 2 heterocycles. The van der Waals surface area contributed by atoms with E-state index in [0.717, 1.165) is 49.0 Å². The minimum absolute atomic E-state index is 0.0492. The molecular weight excluding hydrogens is 513 g/mol. The number of halogens is 1. The lowest BCUT2D eigenvalue weighted by Crippen LogP contribution is -2.20. The van der Waals surface area contributed by atoms with Crippen LogP contribution in [0.5, 0.6) is 0 Å². The van der Waals surface area contributed by atoms with Gasteiger partial charge >= 0.3 is 0 Å². The zero-order valence-electron chi connectivity index (χ0n) is 21.8. The number of Topliss-reactive ketones (excluding diaryl/α,β-unsaturated/α-hetero) is 1. The lowest BCUT2D eigenvalue weighted by Gasteiger charge is -2.08. The lowest BCUT2D eigenvalue weighted by atomic mass is 10.0. The van der Waals surface area contributed by atoms with Gasteiger partial charge in [-0.25, -0.2) is 9.37 Å². The number of nitrogens with zero attached hydrogens (tertiary/aromatic N) is 2. The summed E-state index contributed by atoms with van der Waals surface area (Å²) in [6, 6.07) is 19.0. The Bertz CT molecular complexity index is 1480. The van der Waals surface area contributed by atoms with E-state index in [1.807, 2.05) is 36.4 Å². The van der Waals surface area contributed by atoms with E-state index in [0.29, 0.717) is 35.7 Å². The maximum atomic E-state index is 13.0. The van der Waals surface area contributed by atoms with E-state index < -0.39 is 0 Å². The van der Waals surface area contributed by atoms with Crippen LogP contribution in [0.4, 0.5) is 4.39 Å². The summed E-state index contributed by atoms with van der Waals surface area (Å²) in [5, 5.41) is 0. The standard InChI is InChI=1S/C31H32FN3O3S/c32-26-14-12-25(13-15-26)27(36)11-7-2-1-3-8-18-39-28-21-33-29(34-31(28)38)19-24-16-17-35(30(37)20-24)22-23-9-5-4-6-10-23/h4-6,9-10,12-17,20-21H,1-3,7-8,11,18-19,22H2,(H,33,34,38). The molecule has 6 nitrogen and oxygen atoms in total. The highest BCUT2D eigenvalue weighted by molar-refractivity contribution is 7.99. The van der Waals surface area contributed by atoms with Crippen LogP contribution in [-0.4, -0.2) is 26.1 Å². The number of pyridine rings is 1. The van der Waals surface area contributed by atoms with Gasteiger partial charge < -0.3 is 9.55 Å². The molecule has 0 aliphatic heterocycles. The summed E-state index contributed by atoms with van der Waals surface area (Å²) >= 11 is 1.49. The van der Waals surface area contributed by atoms with Gasteiger partial charge in [0.05, 0.1) is 11.4 Å². The Kier molecular flexibility index (Phi) is 10.4. The fourth-order valence-electron chi connectivity index (χ4n) is 4.26. The van der Waals surface area contributed by atoms with Crippen molar-refractivity contribution in [3.05, 3.63) is 128 Å². The van der Waals surface area contributed by atoms with E-state index in [9.17, 15) is 18.8 Å². The summed E-state index contributed by atoms with van der Waals surface area (Å²) < 4.78 is 14.6. The second-order valence-corrected chi connectivity index (χ2v) is 10.6. The molecule has 0 amide bonds. The highest BCUT2D eigenvalue weighted by Crippen LogP contribution is 2.17. The number of aromatic amines is 1. The highest BCUT2D eigenvalue weighted by atomic mass is 32.2. The normalized spacial score (nSPS) is 11.0. The maximum Gasteiger partial charge on any atom is 0.264 e. The Morgan fingerprint density at radius 3 is 2.38 bits per heavy atom. The molecule has 0 saturated heterocycles. The monoisotopic (exact) mass is 545 g/mol. The fraction of sp³-hybridized carbons (Fsp3) is 0.290. The van der Waals surface area contributed by atoms with E-state index in [2.05, 4.69) is 9.97 Å². The molecule has 39 heavy (non-hydrogen) atoms. The zero-order chi connectivity index (χ0) is 27.5. The second kappa shape index (κ2) is 14.4. The molecular formula is C31H32FN3O3S.